The lowest BCUT2D eigenvalue weighted by molar-refractivity contribution is -0.112. The fraction of sp³-hybridized carbons (Fsp3) is 0.148. The van der Waals surface area contributed by atoms with E-state index in [1.165, 1.54) is 38.5 Å². The first-order valence-corrected chi connectivity index (χ1v) is 10.8. The van der Waals surface area contributed by atoms with Gasteiger partial charge in [-0.05, 0) is 66.6 Å². The lowest BCUT2D eigenvalue weighted by atomic mass is 9.91. The van der Waals surface area contributed by atoms with Gasteiger partial charge in [0.15, 0.2) is 11.5 Å². The van der Waals surface area contributed by atoms with Crippen LogP contribution in [0.15, 0.2) is 60.7 Å². The summed E-state index contributed by atoms with van der Waals surface area (Å²) in [4.78, 5) is 40.0. The number of rotatable bonds is 6. The molecule has 1 heterocycles. The normalized spacial score (nSPS) is 14.0. The largest absolute Gasteiger partial charge is 0.502 e. The molecule has 3 aromatic carbocycles. The maximum atomic E-state index is 13.6. The molecular formula is C27H23NO7. The summed E-state index contributed by atoms with van der Waals surface area (Å²) < 4.78 is 15.4. The Balaban J connectivity index is 1.82. The maximum absolute atomic E-state index is 13.6. The van der Waals surface area contributed by atoms with E-state index in [9.17, 15) is 19.5 Å². The van der Waals surface area contributed by atoms with Crippen LogP contribution >= 0.6 is 0 Å². The zero-order chi connectivity index (χ0) is 25.1. The number of esters is 1. The molecule has 0 unspecified atom stereocenters. The number of carbonyl (C=O) groups is 3. The lowest BCUT2D eigenvalue weighted by Crippen LogP contribution is -2.41. The van der Waals surface area contributed by atoms with E-state index in [4.69, 9.17) is 14.2 Å². The summed E-state index contributed by atoms with van der Waals surface area (Å²) in [6.07, 6.45) is 1.61. The summed E-state index contributed by atoms with van der Waals surface area (Å²) in [6, 6.07) is 16.0. The summed E-state index contributed by atoms with van der Waals surface area (Å²) in [7, 11) is 2.82. The number of aromatic hydroxyl groups is 1. The highest BCUT2D eigenvalue weighted by atomic mass is 16.5. The maximum Gasteiger partial charge on any atom is 0.338 e. The molecule has 178 valence electrons. The molecule has 0 spiro atoms. The topological polar surface area (TPSA) is 102 Å². The average molecular weight is 473 g/mol. The quantitative estimate of drug-likeness (QED) is 0.323. The van der Waals surface area contributed by atoms with Gasteiger partial charge in [0, 0.05) is 11.1 Å². The van der Waals surface area contributed by atoms with Crippen LogP contribution in [0.1, 0.15) is 38.8 Å². The van der Waals surface area contributed by atoms with E-state index in [2.05, 4.69) is 0 Å². The number of phenols is 1. The molecule has 0 bridgehead atoms. The standard InChI is InChI=1S/C27H23NO7/c1-4-35-27(32)17-9-11-18(12-10-17)28-25(30)20-8-6-5-7-19(20)21(26(28)31)13-16-14-22(33-2)24(29)23(15-16)34-3/h5-15,29H,4H2,1-3H3/b21-13+. The third-order valence-corrected chi connectivity index (χ3v) is 5.53. The van der Waals surface area contributed by atoms with E-state index in [0.717, 1.165) is 4.90 Å². The average Bonchev–Trinajstić information content (AvgIpc) is 2.88. The fourth-order valence-electron chi connectivity index (χ4n) is 3.85. The van der Waals surface area contributed by atoms with Crippen LogP contribution in [0.3, 0.4) is 0 Å². The molecule has 35 heavy (non-hydrogen) atoms. The fourth-order valence-corrected chi connectivity index (χ4v) is 3.85. The van der Waals surface area contributed by atoms with Crippen LogP contribution in [0.2, 0.25) is 0 Å². The third-order valence-electron chi connectivity index (χ3n) is 5.53. The number of amides is 2. The number of hydrogen-bond donors (Lipinski definition) is 1. The number of nitrogens with zero attached hydrogens (tertiary/aromatic N) is 1. The highest BCUT2D eigenvalue weighted by molar-refractivity contribution is 6.43. The van der Waals surface area contributed by atoms with Gasteiger partial charge < -0.3 is 19.3 Å². The molecule has 8 heteroatoms. The summed E-state index contributed by atoms with van der Waals surface area (Å²) >= 11 is 0. The monoisotopic (exact) mass is 473 g/mol. The molecule has 0 atom stereocenters. The second kappa shape index (κ2) is 9.72. The van der Waals surface area contributed by atoms with Crippen LogP contribution in [0.25, 0.3) is 11.6 Å². The predicted octanol–water partition coefficient (Wildman–Crippen LogP) is 4.31. The first-order valence-electron chi connectivity index (χ1n) is 10.8. The van der Waals surface area contributed by atoms with Crippen molar-refractivity contribution in [1.29, 1.82) is 0 Å². The highest BCUT2D eigenvalue weighted by Crippen LogP contribution is 2.39. The minimum Gasteiger partial charge on any atom is -0.502 e. The van der Waals surface area contributed by atoms with Gasteiger partial charge in [-0.25, -0.2) is 9.69 Å². The smallest absolute Gasteiger partial charge is 0.338 e. The Kier molecular flexibility index (Phi) is 6.55. The van der Waals surface area contributed by atoms with Crippen LogP contribution in [-0.4, -0.2) is 43.7 Å². The molecule has 2 amide bonds. The second-order valence-corrected chi connectivity index (χ2v) is 7.59. The molecule has 0 saturated carbocycles. The van der Waals surface area contributed by atoms with Crippen LogP contribution in [0.5, 0.6) is 17.2 Å². The van der Waals surface area contributed by atoms with E-state index in [1.807, 2.05) is 0 Å². The number of hydrogen-bond acceptors (Lipinski definition) is 7. The van der Waals surface area contributed by atoms with E-state index in [1.54, 1.807) is 49.4 Å². The van der Waals surface area contributed by atoms with Gasteiger partial charge in [0.2, 0.25) is 5.75 Å². The van der Waals surface area contributed by atoms with Gasteiger partial charge in [0.25, 0.3) is 11.8 Å². The molecule has 0 aliphatic carbocycles. The Bertz CT molecular complexity index is 1320. The van der Waals surface area contributed by atoms with Crippen molar-refractivity contribution in [1.82, 2.24) is 0 Å². The van der Waals surface area contributed by atoms with Crippen molar-refractivity contribution < 1.29 is 33.7 Å². The van der Waals surface area contributed by atoms with Crippen LogP contribution < -0.4 is 14.4 Å². The van der Waals surface area contributed by atoms with Crippen molar-refractivity contribution in [2.45, 2.75) is 6.92 Å². The summed E-state index contributed by atoms with van der Waals surface area (Å²) in [5.41, 5.74) is 2.26. The van der Waals surface area contributed by atoms with Gasteiger partial charge in [-0.3, -0.25) is 9.59 Å². The SMILES string of the molecule is CCOC(=O)c1ccc(N2C(=O)/C(=C/c3cc(OC)c(O)c(OC)c3)c3ccccc3C2=O)cc1. The van der Waals surface area contributed by atoms with Crippen molar-refractivity contribution >= 4 is 35.1 Å². The molecule has 0 saturated heterocycles. The number of anilines is 1. The predicted molar refractivity (Wildman–Crippen MR) is 130 cm³/mol. The van der Waals surface area contributed by atoms with Crippen molar-refractivity contribution in [2.75, 3.05) is 25.7 Å². The van der Waals surface area contributed by atoms with Crippen molar-refractivity contribution in [3.63, 3.8) is 0 Å². The zero-order valence-corrected chi connectivity index (χ0v) is 19.4. The number of imide groups is 1. The van der Waals surface area contributed by atoms with Crippen LogP contribution in [0.4, 0.5) is 5.69 Å². The van der Waals surface area contributed by atoms with Gasteiger partial charge in [-0.15, -0.1) is 0 Å². The Hall–Kier alpha value is -4.59. The number of ether oxygens (including phenoxy) is 3. The van der Waals surface area contributed by atoms with Crippen LogP contribution in [0, 0.1) is 0 Å². The Morgan fingerprint density at radius 2 is 1.51 bits per heavy atom. The van der Waals surface area contributed by atoms with E-state index in [-0.39, 0.29) is 29.4 Å². The molecule has 1 aliphatic rings. The molecular weight excluding hydrogens is 450 g/mol. The Morgan fingerprint density at radius 3 is 2.09 bits per heavy atom. The minimum absolute atomic E-state index is 0.161. The number of benzene rings is 3. The molecule has 4 rings (SSSR count). The molecule has 3 aromatic rings. The Morgan fingerprint density at radius 1 is 0.914 bits per heavy atom. The van der Waals surface area contributed by atoms with Crippen molar-refractivity contribution in [3.8, 4) is 17.2 Å². The van der Waals surface area contributed by atoms with E-state index < -0.39 is 17.8 Å². The first kappa shape index (κ1) is 23.6. The molecule has 0 aromatic heterocycles. The van der Waals surface area contributed by atoms with Crippen LogP contribution in [-0.2, 0) is 9.53 Å². The molecule has 1 aliphatic heterocycles. The molecule has 1 N–H and O–H groups in total. The third kappa shape index (κ3) is 4.33. The number of methoxy groups -OCH3 is 2. The van der Waals surface area contributed by atoms with Gasteiger partial charge in [-0.2, -0.15) is 0 Å². The van der Waals surface area contributed by atoms with Gasteiger partial charge in [-0.1, -0.05) is 18.2 Å². The summed E-state index contributed by atoms with van der Waals surface area (Å²) in [5, 5.41) is 10.2. The van der Waals surface area contributed by atoms with Gasteiger partial charge in [0.05, 0.1) is 32.1 Å². The van der Waals surface area contributed by atoms with Crippen molar-refractivity contribution in [3.05, 3.63) is 82.9 Å². The second-order valence-electron chi connectivity index (χ2n) is 7.59. The summed E-state index contributed by atoms with van der Waals surface area (Å²) in [6.45, 7) is 1.95. The van der Waals surface area contributed by atoms with Crippen molar-refractivity contribution in [2.24, 2.45) is 0 Å². The number of fused-ring (bicyclic) bond motifs is 1. The lowest BCUT2D eigenvalue weighted by Gasteiger charge is -2.29. The molecule has 8 nitrogen and oxygen atoms in total. The molecule has 0 fully saturated rings. The minimum atomic E-state index is -0.538. The van der Waals surface area contributed by atoms with E-state index in [0.29, 0.717) is 27.9 Å². The Labute approximate surface area is 202 Å². The van der Waals surface area contributed by atoms with Gasteiger partial charge >= 0.3 is 5.97 Å². The van der Waals surface area contributed by atoms with E-state index >= 15 is 0 Å². The van der Waals surface area contributed by atoms with Gasteiger partial charge in [0.1, 0.15) is 0 Å². The summed E-state index contributed by atoms with van der Waals surface area (Å²) in [5.74, 6) is -1.32. The zero-order valence-electron chi connectivity index (χ0n) is 19.4. The highest BCUT2D eigenvalue weighted by Gasteiger charge is 2.36. The first-order chi connectivity index (χ1) is 16.9. The number of carbonyl (C=O) groups excluding carboxylic acids is 3. The molecule has 0 radical (unpaired) electrons. The number of phenolic OH excluding ortho intramolecular Hbond substituents is 1.